The van der Waals surface area contributed by atoms with Gasteiger partial charge in [-0.2, -0.15) is 0 Å². The van der Waals surface area contributed by atoms with E-state index in [0.29, 0.717) is 0 Å². The van der Waals surface area contributed by atoms with Crippen LogP contribution in [-0.2, 0) is 0 Å². The standard InChI is InChI=1S/C23H29NSi2/c1-18-12-14-19(15-13-18)22(17-25(2,3)4)26(5,6)21-11-7-9-20-10-8-16-24-23(20)21/h7-17H,1-6H3/b22-17+. The quantitative estimate of drug-likeness (QED) is 0.513. The first-order valence-electron chi connectivity index (χ1n) is 9.33. The highest BCUT2D eigenvalue weighted by Crippen LogP contribution is 2.30. The van der Waals surface area contributed by atoms with Crippen molar-refractivity contribution in [2.75, 3.05) is 0 Å². The predicted molar refractivity (Wildman–Crippen MR) is 121 cm³/mol. The number of benzene rings is 2. The number of aryl methyl sites for hydroxylation is 1. The van der Waals surface area contributed by atoms with Gasteiger partial charge in [-0.3, -0.25) is 4.98 Å². The zero-order valence-corrected chi connectivity index (χ0v) is 18.8. The largest absolute Gasteiger partial charge is 0.256 e. The average Bonchev–Trinajstić information content (AvgIpc) is 2.59. The van der Waals surface area contributed by atoms with Gasteiger partial charge in [-0.25, -0.2) is 0 Å². The summed E-state index contributed by atoms with van der Waals surface area (Å²) in [6.07, 6.45) is 1.92. The van der Waals surface area contributed by atoms with Crippen molar-refractivity contribution < 1.29 is 0 Å². The lowest BCUT2D eigenvalue weighted by Gasteiger charge is -2.30. The van der Waals surface area contributed by atoms with Crippen molar-refractivity contribution in [1.82, 2.24) is 4.98 Å². The van der Waals surface area contributed by atoms with Crippen LogP contribution in [0.5, 0.6) is 0 Å². The van der Waals surface area contributed by atoms with Gasteiger partial charge in [-0.15, -0.1) is 0 Å². The molecule has 3 aromatic rings. The third-order valence-electron chi connectivity index (χ3n) is 4.92. The molecule has 1 heterocycles. The molecule has 1 aromatic heterocycles. The fraction of sp³-hybridized carbons (Fsp3) is 0.261. The lowest BCUT2D eigenvalue weighted by atomic mass is 10.1. The van der Waals surface area contributed by atoms with Gasteiger partial charge in [0.25, 0.3) is 0 Å². The summed E-state index contributed by atoms with van der Waals surface area (Å²) in [7, 11) is -3.28. The first-order chi connectivity index (χ1) is 12.2. The monoisotopic (exact) mass is 375 g/mol. The molecule has 26 heavy (non-hydrogen) atoms. The average molecular weight is 376 g/mol. The minimum atomic E-state index is -1.91. The van der Waals surface area contributed by atoms with Gasteiger partial charge in [0, 0.05) is 11.6 Å². The van der Waals surface area contributed by atoms with Gasteiger partial charge in [0.15, 0.2) is 0 Å². The molecule has 0 amide bonds. The topological polar surface area (TPSA) is 12.9 Å². The molecular formula is C23H29NSi2. The van der Waals surface area contributed by atoms with Crippen molar-refractivity contribution in [3.05, 3.63) is 77.6 Å². The van der Waals surface area contributed by atoms with Crippen LogP contribution in [0.3, 0.4) is 0 Å². The normalized spacial score (nSPS) is 13.2. The summed E-state index contributed by atoms with van der Waals surface area (Å²) in [5, 5.41) is 4.22. The molecule has 2 aromatic carbocycles. The van der Waals surface area contributed by atoms with E-state index < -0.39 is 16.1 Å². The summed E-state index contributed by atoms with van der Waals surface area (Å²) < 4.78 is 0. The number of fused-ring (bicyclic) bond motifs is 1. The van der Waals surface area contributed by atoms with Crippen LogP contribution in [0.1, 0.15) is 11.1 Å². The maximum atomic E-state index is 4.75. The van der Waals surface area contributed by atoms with Crippen molar-refractivity contribution in [3.63, 3.8) is 0 Å². The van der Waals surface area contributed by atoms with E-state index in [1.54, 1.807) is 5.20 Å². The Bertz CT molecular complexity index is 943. The van der Waals surface area contributed by atoms with E-state index in [4.69, 9.17) is 4.98 Å². The molecule has 0 bridgehead atoms. The third-order valence-corrected chi connectivity index (χ3v) is 9.89. The highest BCUT2D eigenvalue weighted by Gasteiger charge is 2.32. The van der Waals surface area contributed by atoms with Gasteiger partial charge < -0.3 is 0 Å². The number of aromatic nitrogens is 1. The molecule has 0 aliphatic rings. The Morgan fingerprint density at radius 2 is 1.50 bits per heavy atom. The summed E-state index contributed by atoms with van der Waals surface area (Å²) in [6, 6.07) is 19.9. The van der Waals surface area contributed by atoms with Gasteiger partial charge in [0.05, 0.1) is 13.6 Å². The van der Waals surface area contributed by atoms with Crippen LogP contribution in [0.15, 0.2) is 66.5 Å². The molecule has 1 nitrogen and oxygen atoms in total. The van der Waals surface area contributed by atoms with E-state index in [2.05, 4.69) is 93.9 Å². The minimum Gasteiger partial charge on any atom is -0.256 e. The Kier molecular flexibility index (Phi) is 5.04. The lowest BCUT2D eigenvalue weighted by Crippen LogP contribution is -2.44. The van der Waals surface area contributed by atoms with Crippen LogP contribution in [0, 0.1) is 6.92 Å². The Morgan fingerprint density at radius 1 is 0.846 bits per heavy atom. The molecule has 0 unspecified atom stereocenters. The molecule has 0 saturated carbocycles. The first kappa shape index (κ1) is 18.8. The summed E-state index contributed by atoms with van der Waals surface area (Å²) in [5.41, 5.74) is 6.47. The number of hydrogen-bond acceptors (Lipinski definition) is 1. The van der Waals surface area contributed by atoms with E-state index in [1.807, 2.05) is 12.3 Å². The molecule has 0 atom stereocenters. The first-order valence-corrected chi connectivity index (χ1v) is 15.9. The minimum absolute atomic E-state index is 1.17. The highest BCUT2D eigenvalue weighted by atomic mass is 28.3. The molecule has 0 saturated heterocycles. The third kappa shape index (κ3) is 3.89. The second kappa shape index (κ2) is 6.97. The summed E-state index contributed by atoms with van der Waals surface area (Å²) in [4.78, 5) is 4.75. The molecule has 134 valence electrons. The number of para-hydroxylation sites is 1. The Labute approximate surface area is 159 Å². The van der Waals surface area contributed by atoms with Gasteiger partial charge in [-0.05, 0) is 23.7 Å². The molecule has 0 aliphatic carbocycles. The zero-order valence-electron chi connectivity index (χ0n) is 16.8. The summed E-state index contributed by atoms with van der Waals surface area (Å²) in [6.45, 7) is 14.4. The molecule has 0 N–H and O–H groups in total. The zero-order chi connectivity index (χ0) is 18.9. The predicted octanol–water partition coefficient (Wildman–Crippen LogP) is 5.96. The molecule has 0 fully saturated rings. The van der Waals surface area contributed by atoms with Crippen LogP contribution >= 0.6 is 0 Å². The van der Waals surface area contributed by atoms with Gasteiger partial charge in [-0.1, -0.05) is 97.7 Å². The smallest absolute Gasteiger partial charge is 0.114 e. The van der Waals surface area contributed by atoms with E-state index in [0.717, 1.165) is 0 Å². The Morgan fingerprint density at radius 3 is 2.15 bits per heavy atom. The molecule has 3 heteroatoms. The van der Waals surface area contributed by atoms with E-state index in [-0.39, 0.29) is 0 Å². The highest BCUT2D eigenvalue weighted by molar-refractivity contribution is 7.07. The van der Waals surface area contributed by atoms with Crippen molar-refractivity contribution in [3.8, 4) is 0 Å². The van der Waals surface area contributed by atoms with E-state index >= 15 is 0 Å². The van der Waals surface area contributed by atoms with Crippen molar-refractivity contribution in [2.45, 2.75) is 39.7 Å². The van der Waals surface area contributed by atoms with Crippen LogP contribution in [0.2, 0.25) is 32.7 Å². The second-order valence-electron chi connectivity index (χ2n) is 8.80. The number of nitrogens with zero attached hydrogens (tertiary/aromatic N) is 1. The lowest BCUT2D eigenvalue weighted by molar-refractivity contribution is 1.42. The Hall–Kier alpha value is -1.98. The van der Waals surface area contributed by atoms with Crippen LogP contribution < -0.4 is 5.19 Å². The van der Waals surface area contributed by atoms with Crippen LogP contribution in [0.4, 0.5) is 0 Å². The van der Waals surface area contributed by atoms with Crippen molar-refractivity contribution in [1.29, 1.82) is 0 Å². The summed E-state index contributed by atoms with van der Waals surface area (Å²) >= 11 is 0. The van der Waals surface area contributed by atoms with Crippen molar-refractivity contribution in [2.24, 2.45) is 0 Å². The van der Waals surface area contributed by atoms with Gasteiger partial charge >= 0.3 is 0 Å². The molecule has 3 rings (SSSR count). The molecule has 0 radical (unpaired) electrons. The number of pyridine rings is 1. The molecule has 0 spiro atoms. The maximum absolute atomic E-state index is 4.75. The molecular weight excluding hydrogens is 346 g/mol. The molecule has 0 aliphatic heterocycles. The van der Waals surface area contributed by atoms with Crippen molar-refractivity contribution >= 4 is 37.4 Å². The fourth-order valence-corrected chi connectivity index (χ4v) is 9.81. The van der Waals surface area contributed by atoms with E-state index in [1.165, 1.54) is 27.2 Å². The fourth-order valence-electron chi connectivity index (χ4n) is 3.54. The van der Waals surface area contributed by atoms with Crippen LogP contribution in [-0.4, -0.2) is 21.1 Å². The van der Waals surface area contributed by atoms with Gasteiger partial charge in [0.2, 0.25) is 0 Å². The van der Waals surface area contributed by atoms with Gasteiger partial charge in [0.1, 0.15) is 8.07 Å². The number of hydrogen-bond donors (Lipinski definition) is 0. The SMILES string of the molecule is Cc1ccc(/C(=C\[Si](C)(C)C)[Si](C)(C)c2cccc3cccnc23)cc1. The van der Waals surface area contributed by atoms with E-state index in [9.17, 15) is 0 Å². The summed E-state index contributed by atoms with van der Waals surface area (Å²) in [5.74, 6) is 0. The Balaban J connectivity index is 2.25. The van der Waals surface area contributed by atoms with Crippen LogP contribution in [0.25, 0.3) is 16.1 Å². The second-order valence-corrected chi connectivity index (χ2v) is 18.1. The number of rotatable bonds is 4. The maximum Gasteiger partial charge on any atom is 0.114 e.